The van der Waals surface area contributed by atoms with Crippen LogP contribution < -0.4 is 15.6 Å². The molecule has 2 aromatic carbocycles. The number of amides is 2. The summed E-state index contributed by atoms with van der Waals surface area (Å²) in [5, 5.41) is 11.4. The van der Waals surface area contributed by atoms with Crippen LogP contribution in [0.2, 0.25) is 0 Å². The number of rotatable bonds is 8. The quantitative estimate of drug-likeness (QED) is 0.407. The molecule has 1 saturated carbocycles. The third-order valence-corrected chi connectivity index (χ3v) is 4.79. The van der Waals surface area contributed by atoms with Crippen LogP contribution in [0, 0.1) is 12.8 Å². The number of aryl methyl sites for hydroxylation is 1. The first-order valence-corrected chi connectivity index (χ1v) is 9.41. The molecule has 0 atom stereocenters. The number of hydrogen-bond acceptors (Lipinski definition) is 5. The molecule has 0 spiro atoms. The van der Waals surface area contributed by atoms with Gasteiger partial charge in [-0.25, -0.2) is 4.79 Å². The second kappa shape index (κ2) is 9.18. The molecule has 1 aliphatic rings. The predicted octanol–water partition coefficient (Wildman–Crippen LogP) is 2.92. The van der Waals surface area contributed by atoms with Crippen molar-refractivity contribution in [1.82, 2.24) is 5.01 Å². The molecule has 0 aliphatic heterocycles. The number of oxime groups is 1. The van der Waals surface area contributed by atoms with Gasteiger partial charge in [0.15, 0.2) is 0 Å². The van der Waals surface area contributed by atoms with E-state index >= 15 is 0 Å². The van der Waals surface area contributed by atoms with E-state index in [1.54, 1.807) is 7.11 Å². The first kappa shape index (κ1) is 20.3. The van der Waals surface area contributed by atoms with E-state index in [0.717, 1.165) is 46.0 Å². The smallest absolute Gasteiger partial charge is 0.433 e. The lowest BCUT2D eigenvalue weighted by Crippen LogP contribution is -2.37. The fraction of sp³-hybridized carbons (Fsp3) is 0.333. The van der Waals surface area contributed by atoms with Gasteiger partial charge in [0.05, 0.1) is 16.6 Å². The average molecular weight is 396 g/mol. The van der Waals surface area contributed by atoms with Gasteiger partial charge in [0.1, 0.15) is 26.5 Å². The summed E-state index contributed by atoms with van der Waals surface area (Å²) in [5.41, 5.74) is 9.65. The summed E-state index contributed by atoms with van der Waals surface area (Å²) in [5.74, 6) is 1.18. The Kier molecular flexibility index (Phi) is 6.43. The molecule has 1 aliphatic carbocycles. The highest BCUT2D eigenvalue weighted by Crippen LogP contribution is 2.34. The van der Waals surface area contributed by atoms with Gasteiger partial charge >= 0.3 is 6.03 Å². The molecule has 8 heteroatoms. The van der Waals surface area contributed by atoms with E-state index in [2.05, 4.69) is 15.7 Å². The summed E-state index contributed by atoms with van der Waals surface area (Å²) in [6.45, 7) is 2.27. The Morgan fingerprint density at radius 3 is 2.72 bits per heavy atom. The molecule has 0 unspecified atom stereocenters. The predicted molar refractivity (Wildman–Crippen MR) is 109 cm³/mol. The first-order valence-electron chi connectivity index (χ1n) is 9.41. The highest BCUT2D eigenvalue weighted by atomic mass is 16.6. The van der Waals surface area contributed by atoms with Crippen LogP contribution >= 0.6 is 0 Å². The molecule has 2 aromatic rings. The maximum atomic E-state index is 12.1. The van der Waals surface area contributed by atoms with Crippen molar-refractivity contribution in [3.8, 4) is 5.75 Å². The molecule has 0 radical (unpaired) electrons. The van der Waals surface area contributed by atoms with E-state index in [0.29, 0.717) is 18.2 Å². The van der Waals surface area contributed by atoms with Crippen LogP contribution in [0.25, 0.3) is 0 Å². The van der Waals surface area contributed by atoms with Crippen molar-refractivity contribution >= 4 is 17.4 Å². The highest BCUT2D eigenvalue weighted by Gasteiger charge is 2.29. The zero-order valence-corrected chi connectivity index (χ0v) is 16.9. The van der Waals surface area contributed by atoms with E-state index in [1.807, 2.05) is 49.4 Å². The summed E-state index contributed by atoms with van der Waals surface area (Å²) < 4.78 is 6.04. The van der Waals surface area contributed by atoms with Gasteiger partial charge in [-0.15, -0.1) is 0 Å². The number of ether oxygens (including phenoxy) is 1. The van der Waals surface area contributed by atoms with Crippen LogP contribution in [-0.2, 0) is 11.4 Å². The Morgan fingerprint density at radius 2 is 2.03 bits per heavy atom. The number of nitrogens with two attached hydrogens (primary N) is 1. The van der Waals surface area contributed by atoms with Gasteiger partial charge in [0, 0.05) is 17.0 Å². The van der Waals surface area contributed by atoms with Gasteiger partial charge in [-0.1, -0.05) is 34.4 Å². The van der Waals surface area contributed by atoms with Crippen LogP contribution in [-0.4, -0.2) is 30.9 Å². The van der Waals surface area contributed by atoms with Gasteiger partial charge in [-0.2, -0.15) is 5.53 Å². The molecule has 1 fully saturated rings. The SMILES string of the molecule is CO/N=C(\c1cccc(OCc2c(C)cccc2NC(=O)N(C)N=[NH2+])c1)C1CC1. The van der Waals surface area contributed by atoms with Crippen LogP contribution in [0.3, 0.4) is 0 Å². The van der Waals surface area contributed by atoms with E-state index in [4.69, 9.17) is 15.1 Å². The van der Waals surface area contributed by atoms with E-state index in [-0.39, 0.29) is 0 Å². The molecule has 0 heterocycles. The molecule has 0 bridgehead atoms. The maximum absolute atomic E-state index is 12.1. The lowest BCUT2D eigenvalue weighted by atomic mass is 10.1. The zero-order chi connectivity index (χ0) is 20.8. The molecule has 3 rings (SSSR count). The van der Waals surface area contributed by atoms with Crippen molar-refractivity contribution in [2.24, 2.45) is 16.3 Å². The molecule has 3 N–H and O–H groups in total. The highest BCUT2D eigenvalue weighted by molar-refractivity contribution is 6.03. The molecule has 0 saturated heterocycles. The van der Waals surface area contributed by atoms with Gasteiger partial charge < -0.3 is 9.57 Å². The van der Waals surface area contributed by atoms with Crippen molar-refractivity contribution in [2.45, 2.75) is 26.4 Å². The van der Waals surface area contributed by atoms with Crippen LogP contribution in [0.4, 0.5) is 10.5 Å². The van der Waals surface area contributed by atoms with E-state index < -0.39 is 6.03 Å². The summed E-state index contributed by atoms with van der Waals surface area (Å²) in [4.78, 5) is 17.1. The number of anilines is 1. The molecular formula is C21H26N5O3+. The molecule has 0 aromatic heterocycles. The van der Waals surface area contributed by atoms with Crippen molar-refractivity contribution in [1.29, 1.82) is 0 Å². The molecule has 29 heavy (non-hydrogen) atoms. The monoisotopic (exact) mass is 396 g/mol. The van der Waals surface area contributed by atoms with Crippen molar-refractivity contribution in [3.63, 3.8) is 0 Å². The number of nitrogens with one attached hydrogen (secondary N) is 1. The van der Waals surface area contributed by atoms with E-state index in [1.165, 1.54) is 7.05 Å². The van der Waals surface area contributed by atoms with Gasteiger partial charge in [-0.3, -0.25) is 5.32 Å². The van der Waals surface area contributed by atoms with Gasteiger partial charge in [0.2, 0.25) is 0 Å². The summed E-state index contributed by atoms with van der Waals surface area (Å²) >= 11 is 0. The normalized spacial score (nSPS) is 13.6. The summed E-state index contributed by atoms with van der Waals surface area (Å²) in [6, 6.07) is 13.1. The topological polar surface area (TPSA) is 101 Å². The minimum absolute atomic E-state index is 0.301. The number of urea groups is 1. The van der Waals surface area contributed by atoms with Gasteiger partial charge in [-0.05, 0) is 43.5 Å². The van der Waals surface area contributed by atoms with Crippen molar-refractivity contribution in [2.75, 3.05) is 19.5 Å². The fourth-order valence-electron chi connectivity index (χ4n) is 2.98. The lowest BCUT2D eigenvalue weighted by Gasteiger charge is -2.15. The number of hydrogen-bond donors (Lipinski definition) is 2. The van der Waals surface area contributed by atoms with Crippen LogP contribution in [0.15, 0.2) is 52.8 Å². The Balaban J connectivity index is 1.76. The molecule has 8 nitrogen and oxygen atoms in total. The molecular weight excluding hydrogens is 370 g/mol. The minimum atomic E-state index is -0.425. The number of nitrogens with zero attached hydrogens (tertiary/aromatic N) is 3. The van der Waals surface area contributed by atoms with Crippen LogP contribution in [0.5, 0.6) is 5.75 Å². The Hall–Kier alpha value is -3.42. The Labute approximate surface area is 170 Å². The standard InChI is InChI=1S/C21H25N5O3/c1-14-6-4-9-19(23-21(27)26(2)25-22)18(14)13-29-17-8-5-7-16(12-17)20(24-28-3)15-10-11-15/h4-9,12,15,22H,10-11,13H2,1-3H3,(H,23,27)/p+1/b24-20-,25-22?. The summed E-state index contributed by atoms with van der Waals surface area (Å²) in [7, 11) is 3.04. The van der Waals surface area contributed by atoms with Crippen LogP contribution in [0.1, 0.15) is 29.5 Å². The van der Waals surface area contributed by atoms with Crippen molar-refractivity contribution < 1.29 is 19.9 Å². The van der Waals surface area contributed by atoms with E-state index in [9.17, 15) is 4.79 Å². The number of benzene rings is 2. The largest absolute Gasteiger partial charge is 0.489 e. The number of carbonyl (C=O) groups is 1. The Morgan fingerprint density at radius 1 is 1.28 bits per heavy atom. The fourth-order valence-corrected chi connectivity index (χ4v) is 2.98. The average Bonchev–Trinajstić information content (AvgIpc) is 3.56. The number of carbonyl (C=O) groups excluding carboxylic acids is 1. The third-order valence-electron chi connectivity index (χ3n) is 4.79. The minimum Gasteiger partial charge on any atom is -0.489 e. The Bertz CT molecular complexity index is 924. The third kappa shape index (κ3) is 5.10. The maximum Gasteiger partial charge on any atom is 0.433 e. The first-order chi connectivity index (χ1) is 14.0. The second-order valence-corrected chi connectivity index (χ2v) is 6.92. The zero-order valence-electron chi connectivity index (χ0n) is 16.9. The lowest BCUT2D eigenvalue weighted by molar-refractivity contribution is -0.248. The molecule has 2 amide bonds. The van der Waals surface area contributed by atoms with Gasteiger partial charge in [0.25, 0.3) is 0 Å². The van der Waals surface area contributed by atoms with Crippen molar-refractivity contribution in [3.05, 3.63) is 59.2 Å². The second-order valence-electron chi connectivity index (χ2n) is 6.92. The molecule has 152 valence electrons. The summed E-state index contributed by atoms with van der Waals surface area (Å²) in [6.07, 6.45) is 2.26.